The van der Waals surface area contributed by atoms with E-state index >= 15 is 0 Å². The molecule has 0 fully saturated rings. The van der Waals surface area contributed by atoms with Gasteiger partial charge < -0.3 is 9.67 Å². The highest BCUT2D eigenvalue weighted by atomic mass is 35.5. The maximum Gasteiger partial charge on any atom is 0.303 e. The zero-order chi connectivity index (χ0) is 13.1. The van der Waals surface area contributed by atoms with E-state index in [9.17, 15) is 4.79 Å². The maximum atomic E-state index is 10.4. The van der Waals surface area contributed by atoms with Crippen molar-refractivity contribution in [1.29, 1.82) is 0 Å². The van der Waals surface area contributed by atoms with Crippen molar-refractivity contribution in [3.05, 3.63) is 23.1 Å². The zero-order valence-corrected chi connectivity index (χ0v) is 10.8. The number of aromatic nitrogens is 3. The fourth-order valence-corrected chi connectivity index (χ4v) is 2.07. The maximum absolute atomic E-state index is 10.4. The molecule has 0 aliphatic carbocycles. The van der Waals surface area contributed by atoms with Crippen molar-refractivity contribution in [2.75, 3.05) is 0 Å². The van der Waals surface area contributed by atoms with Crippen LogP contribution in [0, 0.1) is 6.92 Å². The summed E-state index contributed by atoms with van der Waals surface area (Å²) in [7, 11) is 0. The molecule has 0 amide bonds. The van der Waals surface area contributed by atoms with Gasteiger partial charge in [-0.05, 0) is 25.8 Å². The van der Waals surface area contributed by atoms with Crippen LogP contribution in [-0.2, 0) is 11.3 Å². The van der Waals surface area contributed by atoms with E-state index in [4.69, 9.17) is 16.7 Å². The van der Waals surface area contributed by atoms with Crippen molar-refractivity contribution >= 4 is 28.7 Å². The lowest BCUT2D eigenvalue weighted by Crippen LogP contribution is -2.03. The van der Waals surface area contributed by atoms with E-state index in [2.05, 4.69) is 9.97 Å². The molecule has 0 aromatic carbocycles. The van der Waals surface area contributed by atoms with Crippen LogP contribution in [0.3, 0.4) is 0 Å². The molecule has 2 rings (SSSR count). The summed E-state index contributed by atoms with van der Waals surface area (Å²) >= 11 is 5.86. The van der Waals surface area contributed by atoms with Gasteiger partial charge in [0.1, 0.15) is 11.3 Å². The number of carboxylic acids is 1. The molecule has 0 aliphatic heterocycles. The number of imidazole rings is 1. The predicted octanol–water partition coefficient (Wildman–Crippen LogP) is 2.65. The molecule has 0 bridgehead atoms. The van der Waals surface area contributed by atoms with Crippen molar-refractivity contribution in [2.24, 2.45) is 0 Å². The molecule has 5 nitrogen and oxygen atoms in total. The highest BCUT2D eigenvalue weighted by Gasteiger charge is 2.09. The Morgan fingerprint density at radius 1 is 1.50 bits per heavy atom. The Kier molecular flexibility index (Phi) is 3.81. The van der Waals surface area contributed by atoms with E-state index in [1.807, 2.05) is 11.5 Å². The molecule has 2 aromatic heterocycles. The van der Waals surface area contributed by atoms with Crippen LogP contribution in [-0.4, -0.2) is 25.6 Å². The fourth-order valence-electron chi connectivity index (χ4n) is 1.91. The quantitative estimate of drug-likeness (QED) is 0.846. The first kappa shape index (κ1) is 12.8. The summed E-state index contributed by atoms with van der Waals surface area (Å²) in [6.45, 7) is 2.64. The van der Waals surface area contributed by atoms with Crippen molar-refractivity contribution in [2.45, 2.75) is 32.7 Å². The third-order valence-corrected chi connectivity index (χ3v) is 2.97. The van der Waals surface area contributed by atoms with Gasteiger partial charge in [0.05, 0.1) is 5.02 Å². The number of unbranched alkanes of at least 4 members (excludes halogenated alkanes) is 1. The molecule has 0 unspecified atom stereocenters. The summed E-state index contributed by atoms with van der Waals surface area (Å²) < 4.78 is 1.99. The van der Waals surface area contributed by atoms with Gasteiger partial charge in [-0.2, -0.15) is 0 Å². The molecule has 0 atom stereocenters. The number of halogens is 1. The van der Waals surface area contributed by atoms with Gasteiger partial charge in [-0.3, -0.25) is 4.79 Å². The van der Waals surface area contributed by atoms with Gasteiger partial charge in [0.2, 0.25) is 0 Å². The van der Waals surface area contributed by atoms with Crippen LogP contribution < -0.4 is 0 Å². The molecular formula is C12H14ClN3O2. The Hall–Kier alpha value is -1.62. The minimum absolute atomic E-state index is 0.199. The number of rotatable bonds is 5. The van der Waals surface area contributed by atoms with Crippen LogP contribution in [0.25, 0.3) is 11.2 Å². The number of carbonyl (C=O) groups is 1. The number of nitrogens with zero attached hydrogens (tertiary/aromatic N) is 3. The van der Waals surface area contributed by atoms with Gasteiger partial charge in [-0.15, -0.1) is 0 Å². The Morgan fingerprint density at radius 3 is 3.00 bits per heavy atom. The third kappa shape index (κ3) is 2.79. The van der Waals surface area contributed by atoms with Gasteiger partial charge in [0, 0.05) is 19.2 Å². The molecular weight excluding hydrogens is 254 g/mol. The SMILES string of the molecule is Cc1nc2cc(Cl)cnc2n1CCCCC(=O)O. The largest absolute Gasteiger partial charge is 0.481 e. The summed E-state index contributed by atoms with van der Waals surface area (Å²) in [6, 6.07) is 1.78. The molecule has 0 spiro atoms. The summed E-state index contributed by atoms with van der Waals surface area (Å²) in [5.41, 5.74) is 1.57. The smallest absolute Gasteiger partial charge is 0.303 e. The number of carboxylic acid groups (broad SMARTS) is 1. The normalized spacial score (nSPS) is 11.0. The second-order valence-corrected chi connectivity index (χ2v) is 4.59. The number of hydrogen-bond donors (Lipinski definition) is 1. The molecule has 0 aliphatic rings. The monoisotopic (exact) mass is 267 g/mol. The van der Waals surface area contributed by atoms with Crippen LogP contribution in [0.15, 0.2) is 12.3 Å². The van der Waals surface area contributed by atoms with E-state index in [1.165, 1.54) is 0 Å². The first-order valence-corrected chi connectivity index (χ1v) is 6.16. The number of aliphatic carboxylic acids is 1. The van der Waals surface area contributed by atoms with E-state index in [-0.39, 0.29) is 6.42 Å². The number of fused-ring (bicyclic) bond motifs is 1. The highest BCUT2D eigenvalue weighted by Crippen LogP contribution is 2.18. The van der Waals surface area contributed by atoms with Gasteiger partial charge in [-0.1, -0.05) is 11.6 Å². The Balaban J connectivity index is 2.12. The summed E-state index contributed by atoms with van der Waals surface area (Å²) in [5, 5.41) is 9.15. The highest BCUT2D eigenvalue weighted by molar-refractivity contribution is 6.31. The minimum atomic E-state index is -0.757. The topological polar surface area (TPSA) is 68.0 Å². The molecule has 0 saturated carbocycles. The van der Waals surface area contributed by atoms with Crippen LogP contribution in [0.2, 0.25) is 5.02 Å². The van der Waals surface area contributed by atoms with Crippen molar-refractivity contribution in [1.82, 2.24) is 14.5 Å². The van der Waals surface area contributed by atoms with E-state index in [0.717, 1.165) is 30.0 Å². The molecule has 0 radical (unpaired) electrons. The van der Waals surface area contributed by atoms with Gasteiger partial charge in [0.15, 0.2) is 5.65 Å². The van der Waals surface area contributed by atoms with Gasteiger partial charge >= 0.3 is 5.97 Å². The summed E-state index contributed by atoms with van der Waals surface area (Å²) in [4.78, 5) is 19.1. The van der Waals surface area contributed by atoms with Crippen molar-refractivity contribution in [3.63, 3.8) is 0 Å². The molecule has 6 heteroatoms. The second-order valence-electron chi connectivity index (χ2n) is 4.16. The lowest BCUT2D eigenvalue weighted by atomic mass is 10.2. The lowest BCUT2D eigenvalue weighted by molar-refractivity contribution is -0.137. The van der Waals surface area contributed by atoms with Crippen LogP contribution in [0.4, 0.5) is 0 Å². The van der Waals surface area contributed by atoms with Gasteiger partial charge in [0.25, 0.3) is 0 Å². The summed E-state index contributed by atoms with van der Waals surface area (Å²) in [6.07, 6.45) is 3.24. The number of hydrogen-bond acceptors (Lipinski definition) is 3. The zero-order valence-electron chi connectivity index (χ0n) is 10.1. The van der Waals surface area contributed by atoms with Crippen LogP contribution in [0.1, 0.15) is 25.1 Å². The van der Waals surface area contributed by atoms with Crippen LogP contribution in [0.5, 0.6) is 0 Å². The number of pyridine rings is 1. The molecule has 2 aromatic rings. The predicted molar refractivity (Wildman–Crippen MR) is 68.8 cm³/mol. The van der Waals surface area contributed by atoms with Crippen LogP contribution >= 0.6 is 11.6 Å². The first-order chi connectivity index (χ1) is 8.58. The molecule has 18 heavy (non-hydrogen) atoms. The summed E-state index contributed by atoms with van der Waals surface area (Å²) in [5.74, 6) is 0.113. The fraction of sp³-hybridized carbons (Fsp3) is 0.417. The molecule has 96 valence electrons. The Morgan fingerprint density at radius 2 is 2.28 bits per heavy atom. The van der Waals surface area contributed by atoms with E-state index < -0.39 is 5.97 Å². The lowest BCUT2D eigenvalue weighted by Gasteiger charge is -2.05. The third-order valence-electron chi connectivity index (χ3n) is 2.76. The van der Waals surface area contributed by atoms with E-state index in [0.29, 0.717) is 11.4 Å². The standard InChI is InChI=1S/C12H14ClN3O2/c1-8-15-10-6-9(13)7-14-12(10)16(8)5-3-2-4-11(17)18/h6-7H,2-5H2,1H3,(H,17,18). The molecule has 0 saturated heterocycles. The van der Waals surface area contributed by atoms with E-state index in [1.54, 1.807) is 12.3 Å². The molecule has 2 heterocycles. The van der Waals surface area contributed by atoms with Crippen molar-refractivity contribution in [3.8, 4) is 0 Å². The average molecular weight is 268 g/mol. The molecule has 1 N–H and O–H groups in total. The van der Waals surface area contributed by atoms with Crippen molar-refractivity contribution < 1.29 is 9.90 Å². The van der Waals surface area contributed by atoms with Gasteiger partial charge in [-0.25, -0.2) is 9.97 Å². The Bertz CT molecular complexity index is 580. The second kappa shape index (κ2) is 5.35. The number of aryl methyl sites for hydroxylation is 2. The Labute approximate surface area is 109 Å². The average Bonchev–Trinajstić information content (AvgIpc) is 2.59. The first-order valence-electron chi connectivity index (χ1n) is 5.78. The minimum Gasteiger partial charge on any atom is -0.481 e.